The molecule has 0 aromatic heterocycles. The van der Waals surface area contributed by atoms with Crippen LogP contribution in [0.3, 0.4) is 0 Å². The molecule has 1 saturated heterocycles. The highest BCUT2D eigenvalue weighted by Crippen LogP contribution is 2.52. The summed E-state index contributed by atoms with van der Waals surface area (Å²) in [5, 5.41) is 25.9. The maximum absolute atomic E-state index is 6.31. The summed E-state index contributed by atoms with van der Waals surface area (Å²) in [6.07, 6.45) is -2.44. The normalized spacial score (nSPS) is 13.1. The second kappa shape index (κ2) is 29.5. The summed E-state index contributed by atoms with van der Waals surface area (Å²) < 4.78 is 13.7. The van der Waals surface area contributed by atoms with Crippen molar-refractivity contribution in [3.63, 3.8) is 0 Å². The van der Waals surface area contributed by atoms with Crippen LogP contribution in [-0.4, -0.2) is 90.3 Å². The Hall–Kier alpha value is -10.3. The minimum absolute atomic E-state index is 0. The SMILES string of the molecule is Brc1ccc2cc(-c3ccc4ccccc4c3)ccc2c1.C.C.CC1(C)OB(c2ccc3c(ccc4cc5c6c(cccc6c43)-c3ccccc3-5)c2)OC1(C)C.[B]B([B])B(B([B])[B])B([B])[B].c1ccc2c(c1)-c1cccc3c1c-2cc1ccc2cc(-c4ccc5cc(-c6ccc7ccccc7c6)ccc5c4)ccc2c13. The average Bonchev–Trinajstić information content (AvgIpc) is 1.53. The predicted molar refractivity (Wildman–Crippen MR) is 494 cm³/mol. The van der Waals surface area contributed by atoms with Crippen molar-refractivity contribution in [2.24, 2.45) is 0 Å². The van der Waals surface area contributed by atoms with E-state index in [9.17, 15) is 0 Å². The first kappa shape index (κ1) is 73.8. The van der Waals surface area contributed by atoms with Gasteiger partial charge in [0.1, 0.15) is 0 Å². The van der Waals surface area contributed by atoms with Crippen LogP contribution in [0.4, 0.5) is 0 Å². The van der Waals surface area contributed by atoms with E-state index in [1.807, 2.05) is 0 Å². The number of fused-ring (bicyclic) bond motifs is 18. The highest BCUT2D eigenvalue weighted by molar-refractivity contribution is 9.10. The molecule has 3 aliphatic rings. The molecule has 12 radical (unpaired) electrons. The third-order valence-corrected chi connectivity index (χ3v) is 23.4. The molecule has 110 heavy (non-hydrogen) atoms. The van der Waals surface area contributed by atoms with Gasteiger partial charge in [0, 0.05) is 76.4 Å². The van der Waals surface area contributed by atoms with Gasteiger partial charge >= 0.3 is 7.12 Å². The van der Waals surface area contributed by atoms with Crippen LogP contribution in [0.25, 0.3) is 186 Å². The molecular weight excluding hydrogens is 1380 g/mol. The van der Waals surface area contributed by atoms with Gasteiger partial charge in [0.15, 0.2) is 0 Å². The van der Waals surface area contributed by atoms with Crippen LogP contribution in [0.2, 0.25) is 0 Å². The second-order valence-corrected chi connectivity index (χ2v) is 31.1. The lowest BCUT2D eigenvalue weighted by molar-refractivity contribution is 0.00578. The molecule has 0 bridgehead atoms. The molecule has 1 fully saturated rings. The Kier molecular flexibility index (Phi) is 19.8. The van der Waals surface area contributed by atoms with Crippen LogP contribution in [0.1, 0.15) is 42.5 Å². The van der Waals surface area contributed by atoms with Crippen molar-refractivity contribution >= 4 is 208 Å². The largest absolute Gasteiger partial charge is 0.494 e. The number of hydrogen-bond acceptors (Lipinski definition) is 2. The first-order valence-corrected chi connectivity index (χ1v) is 37.8. The summed E-state index contributed by atoms with van der Waals surface area (Å²) >= 11 is 3.52. The second-order valence-electron chi connectivity index (χ2n) is 30.1. The smallest absolute Gasteiger partial charge is 0.399 e. The molecule has 1 heterocycles. The molecule has 14 heteroatoms. The highest BCUT2D eigenvalue weighted by Gasteiger charge is 2.51. The standard InChI is InChI=1S/C44H26.C30H25BO2.C20H13Br.2CH4.B10/c1-2-7-28-22-29(13-12-27(28)6-1)30-14-15-32-24-33(17-16-31(32)23-30)34-20-21-37-35(25-34)18-19-36-26-42-39-9-4-3-8-38(39)40-10-5-11-41(43(36)37)44(40)42;1-29(2)30(3,4)33-31(32-29)20-14-15-21-18(16-20)12-13-19-17-26-23-9-6-5-8-22(23)24-10-7-11-25(27(19)21)28(24)26;21-20-10-9-18-12-17(7-8-19(18)13-20)16-6-5-14-3-1-2-4-15(14)11-16;;;1-7(2)10(8(3)4)9(5)6/h1-26H;5-17H,1-4H3;1-13H;2*1H4;. The molecule has 18 aromatic carbocycles. The first-order chi connectivity index (χ1) is 52.4. The van der Waals surface area contributed by atoms with Gasteiger partial charge in [-0.15, -0.1) is 0 Å². The average molecular weight is 1460 g/mol. The summed E-state index contributed by atoms with van der Waals surface area (Å²) in [4.78, 5) is 0. The molecule has 0 spiro atoms. The number of benzene rings is 18. The molecule has 0 amide bonds. The fourth-order valence-corrected chi connectivity index (χ4v) is 17.1. The Morgan fingerprint density at radius 3 is 0.964 bits per heavy atom. The number of rotatable bonds is 7. The van der Waals surface area contributed by atoms with E-state index in [1.54, 1.807) is 0 Å². The topological polar surface area (TPSA) is 18.5 Å². The van der Waals surface area contributed by atoms with Crippen molar-refractivity contribution in [2.75, 3.05) is 0 Å². The van der Waals surface area contributed by atoms with Gasteiger partial charge in [-0.2, -0.15) is 0 Å². The lowest BCUT2D eigenvalue weighted by Gasteiger charge is -2.32. The first-order valence-electron chi connectivity index (χ1n) is 37.0. The van der Waals surface area contributed by atoms with Crippen molar-refractivity contribution in [1.29, 1.82) is 0 Å². The van der Waals surface area contributed by atoms with Gasteiger partial charge in [0.05, 0.1) is 11.2 Å². The predicted octanol–water partition coefficient (Wildman–Crippen LogP) is 23.4. The van der Waals surface area contributed by atoms with E-state index < -0.39 is 25.5 Å². The van der Waals surface area contributed by atoms with Crippen molar-refractivity contribution in [1.82, 2.24) is 0 Å². The molecule has 0 saturated carbocycles. The van der Waals surface area contributed by atoms with Crippen LogP contribution in [0, 0.1) is 0 Å². The fourth-order valence-electron chi connectivity index (χ4n) is 16.7. The third kappa shape index (κ3) is 13.2. The third-order valence-electron chi connectivity index (χ3n) is 22.9. The summed E-state index contributed by atoms with van der Waals surface area (Å²) in [5.74, 6) is 0. The van der Waals surface area contributed by atoms with Gasteiger partial charge in [0.2, 0.25) is 0 Å². The molecule has 21 rings (SSSR count). The van der Waals surface area contributed by atoms with E-state index in [4.69, 9.17) is 55.7 Å². The van der Waals surface area contributed by atoms with Gasteiger partial charge in [-0.25, -0.2) is 0 Å². The van der Waals surface area contributed by atoms with E-state index in [0.717, 1.165) is 9.94 Å². The minimum atomic E-state index is -0.667. The molecule has 0 atom stereocenters. The number of halogens is 1. The Bertz CT molecular complexity index is 6660. The van der Waals surface area contributed by atoms with Gasteiger partial charge in [-0.3, -0.25) is 0 Å². The summed E-state index contributed by atoms with van der Waals surface area (Å²) in [7, 11) is 31.4. The molecular formula is C96H72B11BrO2. The zero-order valence-electron chi connectivity index (χ0n) is 60.6. The molecule has 508 valence electrons. The van der Waals surface area contributed by atoms with E-state index in [0.29, 0.717) is 0 Å². The Labute approximate surface area is 664 Å². The lowest BCUT2D eigenvalue weighted by Crippen LogP contribution is -2.62. The Morgan fingerprint density at radius 2 is 0.555 bits per heavy atom. The monoisotopic (exact) mass is 1460 g/mol. The summed E-state index contributed by atoms with van der Waals surface area (Å²) in [5.41, 5.74) is 18.6. The minimum Gasteiger partial charge on any atom is -0.399 e. The fraction of sp³-hybridized carbons (Fsp3) is 0.0833. The van der Waals surface area contributed by atoms with E-state index in [-0.39, 0.29) is 33.2 Å². The lowest BCUT2D eigenvalue weighted by atomic mass is 8.58. The van der Waals surface area contributed by atoms with E-state index in [1.165, 1.54) is 186 Å². The summed E-state index contributed by atoms with van der Waals surface area (Å²) in [6.45, 7) is 8.40. The van der Waals surface area contributed by atoms with E-state index >= 15 is 0 Å². The van der Waals surface area contributed by atoms with Crippen molar-refractivity contribution in [3.05, 3.63) is 320 Å². The van der Waals surface area contributed by atoms with Gasteiger partial charge < -0.3 is 9.31 Å². The number of hydrogen-bond donors (Lipinski definition) is 0. The van der Waals surface area contributed by atoms with Gasteiger partial charge in [-0.1, -0.05) is 286 Å². The van der Waals surface area contributed by atoms with Gasteiger partial charge in [0.25, 0.3) is 0 Å². The van der Waals surface area contributed by atoms with Crippen LogP contribution < -0.4 is 5.46 Å². The molecule has 2 aliphatic carbocycles. The van der Waals surface area contributed by atoms with E-state index in [2.05, 4.69) is 359 Å². The van der Waals surface area contributed by atoms with Crippen LogP contribution in [-0.2, 0) is 9.31 Å². The summed E-state index contributed by atoms with van der Waals surface area (Å²) in [6, 6.07) is 116. The maximum Gasteiger partial charge on any atom is 0.494 e. The van der Waals surface area contributed by atoms with Crippen molar-refractivity contribution < 1.29 is 9.31 Å². The maximum atomic E-state index is 6.31. The van der Waals surface area contributed by atoms with Crippen LogP contribution >= 0.6 is 15.9 Å². The molecule has 2 nitrogen and oxygen atoms in total. The quantitative estimate of drug-likeness (QED) is 0.117. The molecule has 0 N–H and O–H groups in total. The molecule has 18 aromatic rings. The van der Waals surface area contributed by atoms with Crippen LogP contribution in [0.5, 0.6) is 0 Å². The Balaban J connectivity index is 0.000000123. The highest BCUT2D eigenvalue weighted by atomic mass is 79.9. The van der Waals surface area contributed by atoms with Crippen molar-refractivity contribution in [2.45, 2.75) is 53.8 Å². The van der Waals surface area contributed by atoms with Crippen LogP contribution in [0.15, 0.2) is 320 Å². The molecule has 1 aliphatic heterocycles. The van der Waals surface area contributed by atoms with Gasteiger partial charge in [-0.05, 0) is 279 Å². The molecule has 0 unspecified atom stereocenters. The zero-order valence-corrected chi connectivity index (χ0v) is 62.2. The Morgan fingerprint density at radius 1 is 0.255 bits per heavy atom. The van der Waals surface area contributed by atoms with Crippen molar-refractivity contribution in [3.8, 4) is 77.9 Å². The zero-order chi connectivity index (χ0) is 73.9.